The van der Waals surface area contributed by atoms with E-state index in [1.807, 2.05) is 12.1 Å². The van der Waals surface area contributed by atoms with Crippen LogP contribution in [0.1, 0.15) is 82.9 Å². The van der Waals surface area contributed by atoms with Crippen LogP contribution < -0.4 is 20.6 Å². The van der Waals surface area contributed by atoms with Crippen molar-refractivity contribution in [3.05, 3.63) is 62.4 Å². The van der Waals surface area contributed by atoms with Crippen molar-refractivity contribution in [3.8, 4) is 11.8 Å². The normalized spacial score (nSPS) is 20.3. The fourth-order valence-corrected chi connectivity index (χ4v) is 5.15. The average Bonchev–Trinajstić information content (AvgIpc) is 3.66. The first kappa shape index (κ1) is 27.5. The third-order valence-electron chi connectivity index (χ3n) is 7.81. The first-order chi connectivity index (χ1) is 18.0. The second-order valence-corrected chi connectivity index (χ2v) is 11.7. The molecule has 2 aliphatic rings. The molecule has 202 valence electrons. The Hall–Kier alpha value is -3.53. The molecule has 0 bridgehead atoms. The molecule has 1 aliphatic carbocycles. The van der Waals surface area contributed by atoms with Gasteiger partial charge in [-0.1, -0.05) is 45.4 Å². The minimum absolute atomic E-state index is 0.0181. The largest absolute Gasteiger partial charge is 0.491 e. The highest BCUT2D eigenvalue weighted by Gasteiger charge is 2.44. The zero-order valence-corrected chi connectivity index (χ0v) is 23.7. The summed E-state index contributed by atoms with van der Waals surface area (Å²) in [5, 5.41) is 11.5. The third kappa shape index (κ3) is 5.09. The van der Waals surface area contributed by atoms with E-state index in [2.05, 4.69) is 63.3 Å². The first-order valence-corrected chi connectivity index (χ1v) is 13.5. The van der Waals surface area contributed by atoms with Gasteiger partial charge < -0.3 is 18.9 Å². The molecule has 1 fully saturated rings. The highest BCUT2D eigenvalue weighted by atomic mass is 16.5. The van der Waals surface area contributed by atoms with E-state index in [9.17, 15) is 14.9 Å². The van der Waals surface area contributed by atoms with Crippen LogP contribution in [0.3, 0.4) is 0 Å². The van der Waals surface area contributed by atoms with E-state index in [0.717, 1.165) is 52.4 Å². The molecule has 1 unspecified atom stereocenters. The van der Waals surface area contributed by atoms with Crippen LogP contribution in [0.2, 0.25) is 0 Å². The minimum Gasteiger partial charge on any atom is -0.491 e. The molecule has 38 heavy (non-hydrogen) atoms. The summed E-state index contributed by atoms with van der Waals surface area (Å²) in [4.78, 5) is 28.1. The average molecular weight is 518 g/mol. The van der Waals surface area contributed by atoms with Crippen LogP contribution in [-0.2, 0) is 4.74 Å². The lowest BCUT2D eigenvalue weighted by Crippen LogP contribution is -2.46. The summed E-state index contributed by atoms with van der Waals surface area (Å²) in [7, 11) is 2.05. The third-order valence-corrected chi connectivity index (χ3v) is 7.81. The van der Waals surface area contributed by atoms with E-state index >= 15 is 0 Å². The zero-order valence-electron chi connectivity index (χ0n) is 23.7. The number of nitrogens with zero attached hydrogens (tertiary/aromatic N) is 3. The van der Waals surface area contributed by atoms with Gasteiger partial charge in [-0.15, -0.1) is 0 Å². The molecule has 2 heterocycles. The lowest BCUT2D eigenvalue weighted by atomic mass is 9.84. The van der Waals surface area contributed by atoms with Crippen molar-refractivity contribution in [2.45, 2.75) is 66.8 Å². The van der Waals surface area contributed by atoms with Gasteiger partial charge in [0.25, 0.3) is 0 Å². The van der Waals surface area contributed by atoms with Gasteiger partial charge in [0, 0.05) is 36.3 Å². The number of benzene rings is 1. The SMILES string of the molecule is CCOC(=O)c1cn2c(cc1=O)/C(=c1\cccc(OCC3(C#N)CC3)\c1=C(/C)CC)N(C)CC2C(C)(C)C. The van der Waals surface area contributed by atoms with E-state index in [1.54, 1.807) is 19.2 Å². The molecule has 7 nitrogen and oxygen atoms in total. The van der Waals surface area contributed by atoms with Crippen LogP contribution in [-0.4, -0.2) is 42.2 Å². The van der Waals surface area contributed by atoms with Gasteiger partial charge in [0.05, 0.1) is 35.5 Å². The Bertz CT molecular complexity index is 1470. The predicted octanol–water partition coefficient (Wildman–Crippen LogP) is 3.98. The van der Waals surface area contributed by atoms with Gasteiger partial charge in [-0.2, -0.15) is 5.26 Å². The zero-order chi connectivity index (χ0) is 27.8. The maximum atomic E-state index is 13.2. The lowest BCUT2D eigenvalue weighted by Gasteiger charge is -2.43. The molecule has 2 aromatic rings. The molecule has 0 amide bonds. The fourth-order valence-electron chi connectivity index (χ4n) is 5.15. The number of ether oxygens (including phenoxy) is 2. The fraction of sp³-hybridized carbons (Fsp3) is 0.516. The summed E-state index contributed by atoms with van der Waals surface area (Å²) in [6, 6.07) is 10.00. The van der Waals surface area contributed by atoms with Crippen molar-refractivity contribution < 1.29 is 14.3 Å². The summed E-state index contributed by atoms with van der Waals surface area (Å²) in [6.45, 7) is 13.7. The molecular formula is C31H39N3O4. The highest BCUT2D eigenvalue weighted by Crippen LogP contribution is 2.45. The maximum Gasteiger partial charge on any atom is 0.343 e. The first-order valence-electron chi connectivity index (χ1n) is 13.5. The molecule has 7 heteroatoms. The molecule has 1 aromatic heterocycles. The molecule has 0 spiro atoms. The highest BCUT2D eigenvalue weighted by molar-refractivity contribution is 5.89. The van der Waals surface area contributed by atoms with Crippen LogP contribution in [0.5, 0.6) is 5.75 Å². The van der Waals surface area contributed by atoms with Gasteiger partial charge in [0.2, 0.25) is 0 Å². The standard InChI is InChI=1S/C31H39N3O4/c1-8-20(3)27-21(11-10-12-25(27)38-19-31(18-32)13-14-31)28-23-15-24(35)22(29(36)37-9-2)16-34(23)26(17-33(28)7)30(4,5)6/h10-12,15-16,26H,8-9,13-14,17,19H2,1-7H3/b27-20+,28-21-. The Morgan fingerprint density at radius 3 is 2.53 bits per heavy atom. The van der Waals surface area contributed by atoms with E-state index in [1.165, 1.54) is 0 Å². The Labute approximate surface area is 225 Å². The number of nitriles is 1. The van der Waals surface area contributed by atoms with Crippen LogP contribution in [0, 0.1) is 22.2 Å². The van der Waals surface area contributed by atoms with Gasteiger partial charge in [-0.25, -0.2) is 4.79 Å². The van der Waals surface area contributed by atoms with Crippen molar-refractivity contribution in [1.82, 2.24) is 9.47 Å². The number of hydrogen-bond acceptors (Lipinski definition) is 6. The predicted molar refractivity (Wildman–Crippen MR) is 148 cm³/mol. The van der Waals surface area contributed by atoms with Crippen molar-refractivity contribution >= 4 is 17.2 Å². The van der Waals surface area contributed by atoms with Crippen LogP contribution >= 0.6 is 0 Å². The molecule has 4 rings (SSSR count). The second-order valence-electron chi connectivity index (χ2n) is 11.7. The van der Waals surface area contributed by atoms with Crippen molar-refractivity contribution in [2.24, 2.45) is 10.8 Å². The van der Waals surface area contributed by atoms with Gasteiger partial charge in [-0.05, 0) is 44.6 Å². The molecule has 1 aliphatic heterocycles. The van der Waals surface area contributed by atoms with Crippen molar-refractivity contribution in [2.75, 3.05) is 26.8 Å². The number of pyridine rings is 1. The number of fused-ring (bicyclic) bond motifs is 1. The summed E-state index contributed by atoms with van der Waals surface area (Å²) in [5.41, 5.74) is 2.00. The summed E-state index contributed by atoms with van der Waals surface area (Å²) >= 11 is 0. The van der Waals surface area contributed by atoms with Gasteiger partial charge in [0.1, 0.15) is 17.9 Å². The Balaban J connectivity index is 2.03. The van der Waals surface area contributed by atoms with Gasteiger partial charge >= 0.3 is 5.97 Å². The summed E-state index contributed by atoms with van der Waals surface area (Å²) < 4.78 is 13.6. The van der Waals surface area contributed by atoms with E-state index < -0.39 is 5.97 Å². The van der Waals surface area contributed by atoms with Crippen molar-refractivity contribution in [1.29, 1.82) is 5.26 Å². The van der Waals surface area contributed by atoms with E-state index in [-0.39, 0.29) is 34.5 Å². The maximum absolute atomic E-state index is 13.2. The number of hydrogen-bond donors (Lipinski definition) is 0. The molecule has 1 atom stereocenters. The monoisotopic (exact) mass is 517 g/mol. The molecule has 1 saturated carbocycles. The number of carbonyl (C=O) groups excluding carboxylic acids is 1. The molecular weight excluding hydrogens is 478 g/mol. The van der Waals surface area contributed by atoms with E-state index in [0.29, 0.717) is 13.2 Å². The number of aromatic nitrogens is 1. The Morgan fingerprint density at radius 2 is 1.95 bits per heavy atom. The second kappa shape index (κ2) is 10.3. The molecule has 0 radical (unpaired) electrons. The summed E-state index contributed by atoms with van der Waals surface area (Å²) in [5.74, 6) is 0.151. The smallest absolute Gasteiger partial charge is 0.343 e. The summed E-state index contributed by atoms with van der Waals surface area (Å²) in [6.07, 6.45) is 4.23. The van der Waals surface area contributed by atoms with Gasteiger partial charge in [-0.3, -0.25) is 4.79 Å². The van der Waals surface area contributed by atoms with Crippen LogP contribution in [0.25, 0.3) is 11.3 Å². The lowest BCUT2D eigenvalue weighted by molar-refractivity contribution is 0.0522. The number of carbonyl (C=O) groups is 1. The quantitative estimate of drug-likeness (QED) is 0.539. The molecule has 0 N–H and O–H groups in total. The number of esters is 1. The van der Waals surface area contributed by atoms with E-state index in [4.69, 9.17) is 9.47 Å². The topological polar surface area (TPSA) is 84.6 Å². The molecule has 0 saturated heterocycles. The Morgan fingerprint density at radius 1 is 1.24 bits per heavy atom. The Kier molecular flexibility index (Phi) is 7.47. The van der Waals surface area contributed by atoms with Crippen molar-refractivity contribution in [3.63, 3.8) is 0 Å². The minimum atomic E-state index is -0.598. The van der Waals surface area contributed by atoms with Gasteiger partial charge in [0.15, 0.2) is 5.43 Å². The van der Waals surface area contributed by atoms with Crippen LogP contribution in [0.15, 0.2) is 35.3 Å². The van der Waals surface area contributed by atoms with Crippen LogP contribution in [0.4, 0.5) is 0 Å². The number of rotatable bonds is 6. The molecule has 1 aromatic carbocycles. The number of likely N-dealkylation sites (N-methyl/N-ethyl adjacent to an activating group) is 1.